The van der Waals surface area contributed by atoms with Gasteiger partial charge in [-0.2, -0.15) is 0 Å². The number of hydrogen-bond donors (Lipinski definition) is 1. The lowest BCUT2D eigenvalue weighted by Crippen LogP contribution is -2.00. The van der Waals surface area contributed by atoms with Crippen molar-refractivity contribution in [3.63, 3.8) is 0 Å². The fourth-order valence-corrected chi connectivity index (χ4v) is 2.86. The highest BCUT2D eigenvalue weighted by Gasteiger charge is 2.10. The Balaban J connectivity index is 1.77. The van der Waals surface area contributed by atoms with Crippen LogP contribution < -0.4 is 10.1 Å². The second-order valence-electron chi connectivity index (χ2n) is 5.73. The van der Waals surface area contributed by atoms with E-state index in [-0.39, 0.29) is 0 Å². The van der Waals surface area contributed by atoms with E-state index in [1.165, 1.54) is 0 Å². The summed E-state index contributed by atoms with van der Waals surface area (Å²) in [5.74, 6) is 1.50. The molecule has 5 nitrogen and oxygen atoms in total. The summed E-state index contributed by atoms with van der Waals surface area (Å²) in [5.41, 5.74) is 3.45. The molecule has 4 rings (SSSR count). The van der Waals surface area contributed by atoms with Crippen molar-refractivity contribution in [2.75, 3.05) is 11.9 Å². The molecule has 0 saturated carbocycles. The summed E-state index contributed by atoms with van der Waals surface area (Å²) in [7, 11) is 0. The number of imidazole rings is 1. The monoisotopic (exact) mass is 364 g/mol. The second kappa shape index (κ2) is 7.06. The van der Waals surface area contributed by atoms with E-state index >= 15 is 0 Å². The van der Waals surface area contributed by atoms with Crippen molar-refractivity contribution in [1.29, 1.82) is 0 Å². The average Bonchev–Trinajstić information content (AvgIpc) is 3.13. The molecule has 0 fully saturated rings. The number of anilines is 2. The highest BCUT2D eigenvalue weighted by molar-refractivity contribution is 6.30. The Labute approximate surface area is 156 Å². The summed E-state index contributed by atoms with van der Waals surface area (Å²) in [4.78, 5) is 9.18. The number of ether oxygens (including phenoxy) is 1. The van der Waals surface area contributed by atoms with Crippen LogP contribution in [0.1, 0.15) is 6.92 Å². The summed E-state index contributed by atoms with van der Waals surface area (Å²) in [6.07, 6.45) is 5.62. The van der Waals surface area contributed by atoms with Crippen LogP contribution in [-0.2, 0) is 0 Å². The van der Waals surface area contributed by atoms with Gasteiger partial charge < -0.3 is 14.5 Å². The number of halogens is 1. The van der Waals surface area contributed by atoms with Gasteiger partial charge in [-0.3, -0.25) is 0 Å². The second-order valence-corrected chi connectivity index (χ2v) is 6.16. The van der Waals surface area contributed by atoms with E-state index in [0.29, 0.717) is 17.4 Å². The molecule has 0 aliphatic carbocycles. The van der Waals surface area contributed by atoms with Crippen LogP contribution in [0.2, 0.25) is 5.02 Å². The van der Waals surface area contributed by atoms with Gasteiger partial charge in [-0.1, -0.05) is 23.7 Å². The van der Waals surface area contributed by atoms with Crippen LogP contribution in [0, 0.1) is 0 Å². The predicted molar refractivity (Wildman–Crippen MR) is 104 cm³/mol. The van der Waals surface area contributed by atoms with E-state index in [1.54, 1.807) is 6.20 Å². The zero-order valence-electron chi connectivity index (χ0n) is 14.2. The van der Waals surface area contributed by atoms with Crippen LogP contribution in [0.3, 0.4) is 0 Å². The maximum absolute atomic E-state index is 5.97. The number of rotatable bonds is 5. The zero-order chi connectivity index (χ0) is 17.9. The SMILES string of the molecule is CCOc1cccc(-c2cn3ccnc3c(Nc3ccc(Cl)cc3)n2)c1. The molecule has 130 valence electrons. The van der Waals surface area contributed by atoms with Crippen molar-refractivity contribution in [2.24, 2.45) is 0 Å². The van der Waals surface area contributed by atoms with Crippen LogP contribution in [0.25, 0.3) is 16.9 Å². The highest BCUT2D eigenvalue weighted by atomic mass is 35.5. The minimum Gasteiger partial charge on any atom is -0.494 e. The summed E-state index contributed by atoms with van der Waals surface area (Å²) in [5, 5.41) is 4.02. The molecule has 0 amide bonds. The van der Waals surface area contributed by atoms with E-state index in [4.69, 9.17) is 21.3 Å². The Morgan fingerprint density at radius 3 is 2.81 bits per heavy atom. The first-order valence-corrected chi connectivity index (χ1v) is 8.70. The Bertz CT molecular complexity index is 1040. The van der Waals surface area contributed by atoms with Gasteiger partial charge in [-0.25, -0.2) is 9.97 Å². The van der Waals surface area contributed by atoms with E-state index in [2.05, 4.69) is 10.3 Å². The van der Waals surface area contributed by atoms with E-state index in [9.17, 15) is 0 Å². The quantitative estimate of drug-likeness (QED) is 0.529. The Kier molecular flexibility index (Phi) is 4.46. The maximum Gasteiger partial charge on any atom is 0.180 e. The number of benzene rings is 2. The van der Waals surface area contributed by atoms with Crippen molar-refractivity contribution < 1.29 is 4.74 Å². The summed E-state index contributed by atoms with van der Waals surface area (Å²) >= 11 is 5.97. The van der Waals surface area contributed by atoms with Crippen molar-refractivity contribution >= 4 is 28.8 Å². The molecule has 2 heterocycles. The predicted octanol–water partition coefficient (Wildman–Crippen LogP) is 5.19. The van der Waals surface area contributed by atoms with Gasteiger partial charge >= 0.3 is 0 Å². The Morgan fingerprint density at radius 1 is 1.15 bits per heavy atom. The standard InChI is InChI=1S/C20H17ClN4O/c1-2-26-17-5-3-4-14(12-17)18-13-25-11-10-22-20(25)19(24-18)23-16-8-6-15(21)7-9-16/h3-13H,2H2,1H3,(H,23,24). The highest BCUT2D eigenvalue weighted by Crippen LogP contribution is 2.27. The molecule has 0 unspecified atom stereocenters. The first-order valence-electron chi connectivity index (χ1n) is 8.32. The lowest BCUT2D eigenvalue weighted by atomic mass is 10.1. The number of nitrogens with zero attached hydrogens (tertiary/aromatic N) is 3. The fraction of sp³-hybridized carbons (Fsp3) is 0.100. The lowest BCUT2D eigenvalue weighted by molar-refractivity contribution is 0.340. The van der Waals surface area contributed by atoms with Crippen LogP contribution in [-0.4, -0.2) is 21.0 Å². The van der Waals surface area contributed by atoms with Gasteiger partial charge in [-0.15, -0.1) is 0 Å². The molecule has 0 atom stereocenters. The van der Waals surface area contributed by atoms with Gasteiger partial charge in [0.25, 0.3) is 0 Å². The average molecular weight is 365 g/mol. The lowest BCUT2D eigenvalue weighted by Gasteiger charge is -2.11. The van der Waals surface area contributed by atoms with E-state index < -0.39 is 0 Å². The Hall–Kier alpha value is -3.05. The molecule has 0 bridgehead atoms. The normalized spacial score (nSPS) is 10.8. The largest absolute Gasteiger partial charge is 0.494 e. The molecule has 0 radical (unpaired) electrons. The first kappa shape index (κ1) is 16.4. The van der Waals surface area contributed by atoms with E-state index in [1.807, 2.05) is 72.2 Å². The number of hydrogen-bond acceptors (Lipinski definition) is 4. The number of fused-ring (bicyclic) bond motifs is 1. The van der Waals surface area contributed by atoms with Gasteiger partial charge in [-0.05, 0) is 43.3 Å². The number of nitrogens with one attached hydrogen (secondary N) is 1. The van der Waals surface area contributed by atoms with Crippen LogP contribution in [0.5, 0.6) is 5.75 Å². The molecule has 0 aliphatic heterocycles. The molecule has 4 aromatic rings. The molecular weight excluding hydrogens is 348 g/mol. The molecule has 2 aromatic carbocycles. The topological polar surface area (TPSA) is 51.5 Å². The molecule has 26 heavy (non-hydrogen) atoms. The summed E-state index contributed by atoms with van der Waals surface area (Å²) in [6.45, 7) is 2.59. The van der Waals surface area contributed by atoms with Gasteiger partial charge in [0.15, 0.2) is 11.5 Å². The molecule has 6 heteroatoms. The molecule has 2 aromatic heterocycles. The van der Waals surface area contributed by atoms with Crippen LogP contribution in [0.4, 0.5) is 11.5 Å². The maximum atomic E-state index is 5.97. The van der Waals surface area contributed by atoms with Gasteiger partial charge in [0.1, 0.15) is 5.75 Å². The molecule has 0 spiro atoms. The summed E-state index contributed by atoms with van der Waals surface area (Å²) < 4.78 is 7.55. The van der Waals surface area contributed by atoms with Crippen LogP contribution >= 0.6 is 11.6 Å². The van der Waals surface area contributed by atoms with Crippen molar-refractivity contribution in [3.8, 4) is 17.0 Å². The summed E-state index contributed by atoms with van der Waals surface area (Å²) in [6, 6.07) is 15.4. The first-order chi connectivity index (χ1) is 12.7. The van der Waals surface area contributed by atoms with Crippen molar-refractivity contribution in [3.05, 3.63) is 72.1 Å². The van der Waals surface area contributed by atoms with Gasteiger partial charge in [0.05, 0.1) is 12.3 Å². The third-order valence-electron chi connectivity index (χ3n) is 3.92. The smallest absolute Gasteiger partial charge is 0.180 e. The van der Waals surface area contributed by atoms with Gasteiger partial charge in [0.2, 0.25) is 0 Å². The third-order valence-corrected chi connectivity index (χ3v) is 4.17. The van der Waals surface area contributed by atoms with Crippen molar-refractivity contribution in [2.45, 2.75) is 6.92 Å². The molecular formula is C20H17ClN4O. The zero-order valence-corrected chi connectivity index (χ0v) is 14.9. The third kappa shape index (κ3) is 3.34. The van der Waals surface area contributed by atoms with Gasteiger partial charge in [0, 0.05) is 34.9 Å². The number of aromatic nitrogens is 3. The van der Waals surface area contributed by atoms with Crippen LogP contribution in [0.15, 0.2) is 67.1 Å². The Morgan fingerprint density at radius 2 is 2.00 bits per heavy atom. The minimum atomic E-state index is 0.626. The van der Waals surface area contributed by atoms with E-state index in [0.717, 1.165) is 28.3 Å². The fourth-order valence-electron chi connectivity index (χ4n) is 2.74. The van der Waals surface area contributed by atoms with Crippen molar-refractivity contribution in [1.82, 2.24) is 14.4 Å². The molecule has 0 saturated heterocycles. The minimum absolute atomic E-state index is 0.626. The molecule has 1 N–H and O–H groups in total. The molecule has 0 aliphatic rings.